The Balaban J connectivity index is 1.12. The van der Waals surface area contributed by atoms with Crippen LogP contribution < -0.4 is 9.64 Å². The predicted octanol–water partition coefficient (Wildman–Crippen LogP) is 5.14. The summed E-state index contributed by atoms with van der Waals surface area (Å²) in [7, 11) is 0. The van der Waals surface area contributed by atoms with E-state index in [9.17, 15) is 9.59 Å². The predicted molar refractivity (Wildman–Crippen MR) is 168 cm³/mol. The molecule has 0 bridgehead atoms. The highest BCUT2D eigenvalue weighted by molar-refractivity contribution is 5.95. The van der Waals surface area contributed by atoms with Crippen LogP contribution in [0.15, 0.2) is 72.8 Å². The number of amides is 1. The quantitative estimate of drug-likeness (QED) is 0.115. The lowest BCUT2D eigenvalue weighted by atomic mass is 9.98. The molecule has 1 aliphatic heterocycles. The summed E-state index contributed by atoms with van der Waals surface area (Å²) in [4.78, 5) is 41.8. The fourth-order valence-electron chi connectivity index (χ4n) is 5.36. The number of aromatic nitrogens is 6. The van der Waals surface area contributed by atoms with Crippen LogP contribution in [0.5, 0.6) is 5.75 Å². The Kier molecular flexibility index (Phi) is 9.45. The van der Waals surface area contributed by atoms with Crippen molar-refractivity contribution < 1.29 is 34.3 Å². The summed E-state index contributed by atoms with van der Waals surface area (Å²) in [5.41, 5.74) is 6.00. The van der Waals surface area contributed by atoms with Crippen molar-refractivity contribution in [1.29, 1.82) is 0 Å². The highest BCUT2D eigenvalue weighted by atomic mass is 17.1. The van der Waals surface area contributed by atoms with Crippen LogP contribution in [-0.4, -0.2) is 58.0 Å². The molecule has 48 heavy (non-hydrogen) atoms. The van der Waals surface area contributed by atoms with E-state index in [1.54, 1.807) is 24.0 Å². The minimum atomic E-state index is -0.977. The normalized spacial score (nSPS) is 13.4. The number of hydrogen-bond donors (Lipinski definition) is 2. The Hall–Kier alpha value is -5.61. The Morgan fingerprint density at radius 1 is 0.938 bits per heavy atom. The van der Waals surface area contributed by atoms with Crippen LogP contribution in [0, 0.1) is 13.8 Å². The number of carbonyl (C=O) groups is 2. The Bertz CT molecular complexity index is 1930. The van der Waals surface area contributed by atoms with E-state index in [1.165, 1.54) is 16.9 Å². The van der Waals surface area contributed by atoms with E-state index in [-0.39, 0.29) is 23.7 Å². The van der Waals surface area contributed by atoms with Crippen molar-refractivity contribution in [1.82, 2.24) is 35.6 Å². The summed E-state index contributed by atoms with van der Waals surface area (Å²) in [6, 6.07) is 21.7. The first-order valence-electron chi connectivity index (χ1n) is 15.1. The highest BCUT2D eigenvalue weighted by Crippen LogP contribution is 2.32. The Morgan fingerprint density at radius 3 is 2.38 bits per heavy atom. The Labute approximate surface area is 274 Å². The zero-order chi connectivity index (χ0) is 33.8. The number of hydrogen-bond acceptors (Lipinski definition) is 13. The van der Waals surface area contributed by atoms with E-state index >= 15 is 0 Å². The standard InChI is InChI=1S/C33H32N8O7/c1-20-27-16-17-30(42)39(32(27)35-21(2)34-20)18-23-8-12-25(13-9-23)28-6-4-5-7-29(28)31-36-38-40(37-31)22(3)47-33(43)48-26-14-10-24(11-15-26)19-46-41(44)45/h4-15,22,44-45H,16-19H2,1-3H3. The second-order valence-corrected chi connectivity index (χ2v) is 11.1. The van der Waals surface area contributed by atoms with Crippen molar-refractivity contribution in [2.75, 3.05) is 4.90 Å². The van der Waals surface area contributed by atoms with Gasteiger partial charge in [-0.25, -0.2) is 19.6 Å². The zero-order valence-corrected chi connectivity index (χ0v) is 26.3. The maximum absolute atomic E-state index is 12.9. The number of anilines is 1. The SMILES string of the molecule is Cc1nc(C)c2c(n1)N(Cc1ccc(-c3ccccc3-c3nnn(C(C)OC(=O)Oc4ccc(CON(O)O)cc4)n3)cc1)C(=O)CC2. The minimum absolute atomic E-state index is 0.0374. The van der Waals surface area contributed by atoms with E-state index in [0.29, 0.717) is 42.4 Å². The molecule has 0 fully saturated rings. The molecule has 0 aliphatic carbocycles. The summed E-state index contributed by atoms with van der Waals surface area (Å²) >= 11 is 0. The molecular formula is C33H32N8O7. The second-order valence-electron chi connectivity index (χ2n) is 11.1. The molecule has 3 heterocycles. The molecule has 246 valence electrons. The average Bonchev–Trinajstić information content (AvgIpc) is 3.57. The van der Waals surface area contributed by atoms with Crippen molar-refractivity contribution in [2.24, 2.45) is 0 Å². The van der Waals surface area contributed by atoms with Gasteiger partial charge in [0.1, 0.15) is 17.4 Å². The summed E-state index contributed by atoms with van der Waals surface area (Å²) in [6.45, 7) is 5.66. The molecule has 3 aromatic carbocycles. The maximum atomic E-state index is 12.9. The topological polar surface area (TPSA) is 178 Å². The molecule has 1 unspecified atom stereocenters. The molecule has 0 saturated heterocycles. The van der Waals surface area contributed by atoms with Crippen molar-refractivity contribution in [2.45, 2.75) is 53.0 Å². The summed E-state index contributed by atoms with van der Waals surface area (Å²) < 4.78 is 10.6. The number of tetrazole rings is 1. The number of carbonyl (C=O) groups excluding carboxylic acids is 2. The third kappa shape index (κ3) is 7.34. The van der Waals surface area contributed by atoms with Crippen LogP contribution in [0.2, 0.25) is 0 Å². The lowest BCUT2D eigenvalue weighted by molar-refractivity contribution is -0.497. The van der Waals surface area contributed by atoms with Gasteiger partial charge in [-0.1, -0.05) is 60.7 Å². The van der Waals surface area contributed by atoms with Gasteiger partial charge in [0.25, 0.3) is 0 Å². The van der Waals surface area contributed by atoms with Crippen molar-refractivity contribution in [3.8, 4) is 28.3 Å². The minimum Gasteiger partial charge on any atom is -0.407 e. The van der Waals surface area contributed by atoms with Crippen LogP contribution in [0.1, 0.15) is 47.8 Å². The van der Waals surface area contributed by atoms with Crippen LogP contribution in [0.4, 0.5) is 10.6 Å². The van der Waals surface area contributed by atoms with Gasteiger partial charge in [0.2, 0.25) is 18.0 Å². The number of nitrogens with zero attached hydrogens (tertiary/aromatic N) is 8. The van der Waals surface area contributed by atoms with E-state index < -0.39 is 12.4 Å². The lowest BCUT2D eigenvalue weighted by Gasteiger charge is -2.29. The van der Waals surface area contributed by atoms with Gasteiger partial charge >= 0.3 is 6.16 Å². The number of benzene rings is 3. The number of rotatable bonds is 10. The molecule has 1 atom stereocenters. The molecule has 15 nitrogen and oxygen atoms in total. The number of aryl methyl sites for hydroxylation is 2. The van der Waals surface area contributed by atoms with E-state index in [2.05, 4.69) is 30.2 Å². The first-order chi connectivity index (χ1) is 23.1. The number of ether oxygens (including phenoxy) is 2. The van der Waals surface area contributed by atoms with Gasteiger partial charge in [-0.05, 0) is 66.8 Å². The number of fused-ring (bicyclic) bond motifs is 1. The molecule has 15 heteroatoms. The third-order valence-corrected chi connectivity index (χ3v) is 7.71. The summed E-state index contributed by atoms with van der Waals surface area (Å²) in [5.74, 6) is 1.91. The molecule has 5 aromatic rings. The van der Waals surface area contributed by atoms with Gasteiger partial charge in [-0.2, -0.15) is 0 Å². The molecule has 1 amide bonds. The van der Waals surface area contributed by atoms with Gasteiger partial charge in [0, 0.05) is 23.2 Å². The zero-order valence-electron chi connectivity index (χ0n) is 26.3. The van der Waals surface area contributed by atoms with Gasteiger partial charge in [-0.3, -0.25) is 20.1 Å². The second kappa shape index (κ2) is 14.0. The molecule has 1 aliphatic rings. The monoisotopic (exact) mass is 652 g/mol. The largest absolute Gasteiger partial charge is 0.515 e. The maximum Gasteiger partial charge on any atom is 0.515 e. The molecule has 0 saturated carbocycles. The molecule has 2 N–H and O–H groups in total. The fourth-order valence-corrected chi connectivity index (χ4v) is 5.36. The Morgan fingerprint density at radius 2 is 1.65 bits per heavy atom. The van der Waals surface area contributed by atoms with Crippen LogP contribution in [0.25, 0.3) is 22.5 Å². The molecular weight excluding hydrogens is 620 g/mol. The van der Waals surface area contributed by atoms with Crippen molar-refractivity contribution >= 4 is 17.9 Å². The van der Waals surface area contributed by atoms with E-state index in [4.69, 9.17) is 19.9 Å². The lowest BCUT2D eigenvalue weighted by Crippen LogP contribution is -2.36. The van der Waals surface area contributed by atoms with Gasteiger partial charge in [-0.15, -0.1) is 15.0 Å². The van der Waals surface area contributed by atoms with Gasteiger partial charge in [0.05, 0.1) is 18.5 Å². The van der Waals surface area contributed by atoms with Crippen LogP contribution in [-0.2, 0) is 33.9 Å². The highest BCUT2D eigenvalue weighted by Gasteiger charge is 2.28. The molecule has 2 aromatic heterocycles. The van der Waals surface area contributed by atoms with Gasteiger partial charge < -0.3 is 9.47 Å². The molecule has 6 rings (SSSR count). The van der Waals surface area contributed by atoms with Crippen molar-refractivity contribution in [3.63, 3.8) is 0 Å². The summed E-state index contributed by atoms with van der Waals surface area (Å²) in [6.07, 6.45) is -0.842. The van der Waals surface area contributed by atoms with Crippen LogP contribution in [0.3, 0.4) is 0 Å². The summed E-state index contributed by atoms with van der Waals surface area (Å²) in [5, 5.41) is 29.7. The third-order valence-electron chi connectivity index (χ3n) is 7.71. The molecule has 0 radical (unpaired) electrons. The van der Waals surface area contributed by atoms with Crippen molar-refractivity contribution in [3.05, 3.63) is 101 Å². The van der Waals surface area contributed by atoms with Gasteiger partial charge in [0.15, 0.2) is 0 Å². The first kappa shape index (κ1) is 32.3. The first-order valence-corrected chi connectivity index (χ1v) is 15.1. The fraction of sp³-hybridized carbons (Fsp3) is 0.242. The smallest absolute Gasteiger partial charge is 0.407 e. The average molecular weight is 653 g/mol. The van der Waals surface area contributed by atoms with E-state index in [0.717, 1.165) is 33.5 Å². The van der Waals surface area contributed by atoms with E-state index in [1.807, 2.05) is 62.4 Å². The molecule has 0 spiro atoms. The van der Waals surface area contributed by atoms with Crippen LogP contribution >= 0.6 is 0 Å².